The summed E-state index contributed by atoms with van der Waals surface area (Å²) in [5.74, 6) is 1.18. The molecule has 0 atom stereocenters. The predicted octanol–water partition coefficient (Wildman–Crippen LogP) is 1.28. The van der Waals surface area contributed by atoms with E-state index in [-0.39, 0.29) is 5.91 Å². The number of aryl methyl sites for hydroxylation is 1. The minimum absolute atomic E-state index is 0.262. The first-order chi connectivity index (χ1) is 13.2. The molecular formula is C19H29N7O. The van der Waals surface area contributed by atoms with E-state index in [9.17, 15) is 4.79 Å². The van der Waals surface area contributed by atoms with Gasteiger partial charge in [-0.1, -0.05) is 19.8 Å². The molecule has 0 N–H and O–H groups in total. The minimum Gasteiger partial charge on any atom is -0.352 e. The van der Waals surface area contributed by atoms with E-state index in [0.29, 0.717) is 12.6 Å². The number of likely N-dealkylation sites (N-methyl/N-ethyl adjacent to an activating group) is 1. The molecule has 0 aromatic carbocycles. The lowest BCUT2D eigenvalue weighted by molar-refractivity contribution is -0.133. The van der Waals surface area contributed by atoms with Crippen molar-refractivity contribution >= 4 is 22.8 Å². The molecule has 1 saturated carbocycles. The van der Waals surface area contributed by atoms with Crippen LogP contribution in [0.25, 0.3) is 11.0 Å². The molecule has 0 spiro atoms. The van der Waals surface area contributed by atoms with Crippen molar-refractivity contribution in [2.75, 3.05) is 44.2 Å². The van der Waals surface area contributed by atoms with E-state index in [4.69, 9.17) is 0 Å². The molecule has 27 heavy (non-hydrogen) atoms. The van der Waals surface area contributed by atoms with Crippen LogP contribution in [0.4, 0.5) is 5.82 Å². The summed E-state index contributed by atoms with van der Waals surface area (Å²) < 4.78 is 1.77. The van der Waals surface area contributed by atoms with Crippen LogP contribution < -0.4 is 4.90 Å². The van der Waals surface area contributed by atoms with Crippen LogP contribution in [-0.4, -0.2) is 80.8 Å². The molecule has 3 heterocycles. The summed E-state index contributed by atoms with van der Waals surface area (Å²) in [6, 6.07) is 0.597. The quantitative estimate of drug-likeness (QED) is 0.788. The number of rotatable bonds is 5. The molecule has 2 aromatic heterocycles. The van der Waals surface area contributed by atoms with Gasteiger partial charge in [-0.15, -0.1) is 0 Å². The first-order valence-electron chi connectivity index (χ1n) is 10.1. The van der Waals surface area contributed by atoms with Gasteiger partial charge in [0.05, 0.1) is 18.1 Å². The van der Waals surface area contributed by atoms with Gasteiger partial charge in [-0.25, -0.2) is 9.97 Å². The minimum atomic E-state index is 0.262. The molecule has 1 amide bonds. The fourth-order valence-corrected chi connectivity index (χ4v) is 4.41. The summed E-state index contributed by atoms with van der Waals surface area (Å²) in [7, 11) is 1.89. The molecule has 4 rings (SSSR count). The lowest BCUT2D eigenvalue weighted by Gasteiger charge is -2.37. The van der Waals surface area contributed by atoms with Crippen molar-refractivity contribution in [3.63, 3.8) is 0 Å². The Morgan fingerprint density at radius 2 is 1.93 bits per heavy atom. The number of carbonyl (C=O) groups is 1. The van der Waals surface area contributed by atoms with E-state index in [1.54, 1.807) is 11.0 Å². The Labute approximate surface area is 160 Å². The first kappa shape index (κ1) is 18.2. The monoisotopic (exact) mass is 371 g/mol. The van der Waals surface area contributed by atoms with Crippen molar-refractivity contribution in [3.8, 4) is 0 Å². The highest BCUT2D eigenvalue weighted by Crippen LogP contribution is 2.25. The van der Waals surface area contributed by atoms with Gasteiger partial charge in [0.1, 0.15) is 12.1 Å². The van der Waals surface area contributed by atoms with Crippen molar-refractivity contribution in [1.82, 2.24) is 29.5 Å². The molecule has 146 valence electrons. The van der Waals surface area contributed by atoms with Crippen LogP contribution in [0.3, 0.4) is 0 Å². The Kier molecular flexibility index (Phi) is 5.24. The van der Waals surface area contributed by atoms with E-state index < -0.39 is 0 Å². The van der Waals surface area contributed by atoms with Crippen molar-refractivity contribution < 1.29 is 4.79 Å². The number of piperazine rings is 1. The highest BCUT2D eigenvalue weighted by atomic mass is 16.2. The van der Waals surface area contributed by atoms with E-state index in [1.165, 1.54) is 25.7 Å². The molecule has 0 unspecified atom stereocenters. The summed E-state index contributed by atoms with van der Waals surface area (Å²) in [5.41, 5.74) is 0.841. The van der Waals surface area contributed by atoms with E-state index in [0.717, 1.165) is 49.6 Å². The number of hydrogen-bond donors (Lipinski definition) is 0. The average Bonchev–Trinajstić information content (AvgIpc) is 3.36. The van der Waals surface area contributed by atoms with Gasteiger partial charge >= 0.3 is 0 Å². The van der Waals surface area contributed by atoms with Gasteiger partial charge in [-0.2, -0.15) is 5.10 Å². The standard InChI is InChI=1S/C19H29N7O/c1-3-24(15-6-4-5-7-15)13-17(27)25-8-10-26(11-9-25)19-16-12-22-23(2)18(16)20-14-21-19/h12,14-15H,3-11,13H2,1-2H3. The van der Waals surface area contributed by atoms with Gasteiger partial charge in [-0.3, -0.25) is 14.4 Å². The maximum atomic E-state index is 12.8. The Morgan fingerprint density at radius 1 is 1.19 bits per heavy atom. The van der Waals surface area contributed by atoms with Crippen LogP contribution in [0.1, 0.15) is 32.6 Å². The Hall–Kier alpha value is -2.22. The number of nitrogens with zero attached hydrogens (tertiary/aromatic N) is 7. The molecule has 0 bridgehead atoms. The first-order valence-corrected chi connectivity index (χ1v) is 10.1. The maximum Gasteiger partial charge on any atom is 0.236 e. The second-order valence-electron chi connectivity index (χ2n) is 7.57. The third-order valence-electron chi connectivity index (χ3n) is 6.03. The molecule has 2 aliphatic rings. The lowest BCUT2D eigenvalue weighted by Crippen LogP contribution is -2.52. The molecular weight excluding hydrogens is 342 g/mol. The second-order valence-corrected chi connectivity index (χ2v) is 7.57. The zero-order chi connectivity index (χ0) is 18.8. The van der Waals surface area contributed by atoms with Gasteiger partial charge < -0.3 is 9.80 Å². The van der Waals surface area contributed by atoms with Crippen LogP contribution in [-0.2, 0) is 11.8 Å². The predicted molar refractivity (Wildman–Crippen MR) is 105 cm³/mol. The van der Waals surface area contributed by atoms with Crippen LogP contribution in [0.15, 0.2) is 12.5 Å². The fourth-order valence-electron chi connectivity index (χ4n) is 4.41. The van der Waals surface area contributed by atoms with Crippen molar-refractivity contribution in [2.24, 2.45) is 7.05 Å². The van der Waals surface area contributed by atoms with Crippen molar-refractivity contribution in [1.29, 1.82) is 0 Å². The van der Waals surface area contributed by atoms with E-state index in [1.807, 2.05) is 18.1 Å². The van der Waals surface area contributed by atoms with Gasteiger partial charge in [-0.05, 0) is 19.4 Å². The van der Waals surface area contributed by atoms with Crippen LogP contribution in [0.5, 0.6) is 0 Å². The SMILES string of the molecule is CCN(CC(=O)N1CCN(c2ncnc3c2cnn3C)CC1)C1CCCC1. The van der Waals surface area contributed by atoms with Gasteiger partial charge in [0.15, 0.2) is 5.65 Å². The topological polar surface area (TPSA) is 70.4 Å². The molecule has 8 nitrogen and oxygen atoms in total. The largest absolute Gasteiger partial charge is 0.352 e. The molecule has 2 aromatic rings. The molecule has 0 radical (unpaired) electrons. The number of fused-ring (bicyclic) bond motifs is 1. The molecule has 2 fully saturated rings. The Morgan fingerprint density at radius 3 is 2.63 bits per heavy atom. The third-order valence-corrected chi connectivity index (χ3v) is 6.03. The highest BCUT2D eigenvalue weighted by molar-refractivity contribution is 5.86. The molecule has 1 saturated heterocycles. The van der Waals surface area contributed by atoms with Gasteiger partial charge in [0.2, 0.25) is 5.91 Å². The van der Waals surface area contributed by atoms with Crippen LogP contribution in [0.2, 0.25) is 0 Å². The zero-order valence-electron chi connectivity index (χ0n) is 16.3. The second kappa shape index (κ2) is 7.80. The third kappa shape index (κ3) is 3.63. The number of hydrogen-bond acceptors (Lipinski definition) is 6. The van der Waals surface area contributed by atoms with Gasteiger partial charge in [0, 0.05) is 39.3 Å². The molecule has 1 aliphatic carbocycles. The maximum absolute atomic E-state index is 12.8. The summed E-state index contributed by atoms with van der Waals surface area (Å²) >= 11 is 0. The summed E-state index contributed by atoms with van der Waals surface area (Å²) in [5, 5.41) is 5.26. The molecule has 8 heteroatoms. The van der Waals surface area contributed by atoms with Crippen LogP contribution >= 0.6 is 0 Å². The normalized spacial score (nSPS) is 18.8. The smallest absolute Gasteiger partial charge is 0.236 e. The lowest BCUT2D eigenvalue weighted by atomic mass is 10.2. The number of aromatic nitrogens is 4. The number of anilines is 1. The summed E-state index contributed by atoms with van der Waals surface area (Å²) in [6.45, 7) is 6.75. The number of carbonyl (C=O) groups excluding carboxylic acids is 1. The van der Waals surface area contributed by atoms with Crippen LogP contribution in [0, 0.1) is 0 Å². The number of amides is 1. The van der Waals surface area contributed by atoms with Crippen molar-refractivity contribution in [2.45, 2.75) is 38.6 Å². The zero-order valence-corrected chi connectivity index (χ0v) is 16.3. The van der Waals surface area contributed by atoms with E-state index in [2.05, 4.69) is 31.8 Å². The Bertz CT molecular complexity index is 790. The molecule has 1 aliphatic heterocycles. The fraction of sp³-hybridized carbons (Fsp3) is 0.684. The van der Waals surface area contributed by atoms with Crippen molar-refractivity contribution in [3.05, 3.63) is 12.5 Å². The summed E-state index contributed by atoms with van der Waals surface area (Å²) in [6.07, 6.45) is 8.50. The van der Waals surface area contributed by atoms with Gasteiger partial charge in [0.25, 0.3) is 0 Å². The average molecular weight is 371 g/mol. The van der Waals surface area contributed by atoms with E-state index >= 15 is 0 Å². The highest BCUT2D eigenvalue weighted by Gasteiger charge is 2.27. The summed E-state index contributed by atoms with van der Waals surface area (Å²) in [4.78, 5) is 28.2. The Balaban J connectivity index is 1.37.